The Balaban J connectivity index is 1.83. The Morgan fingerprint density at radius 1 is 1.41 bits per heavy atom. The molecule has 0 saturated heterocycles. The van der Waals surface area contributed by atoms with Gasteiger partial charge in [0.25, 0.3) is 0 Å². The highest BCUT2D eigenvalue weighted by molar-refractivity contribution is 7.15. The van der Waals surface area contributed by atoms with Crippen LogP contribution in [0.1, 0.15) is 49.3 Å². The number of thiazole rings is 1. The van der Waals surface area contributed by atoms with Gasteiger partial charge in [-0.25, -0.2) is 4.98 Å². The van der Waals surface area contributed by atoms with Crippen molar-refractivity contribution in [1.29, 1.82) is 0 Å². The second-order valence-electron chi connectivity index (χ2n) is 5.40. The summed E-state index contributed by atoms with van der Waals surface area (Å²) in [5.74, 6) is 0.853. The van der Waals surface area contributed by atoms with E-state index in [1.54, 1.807) is 11.3 Å². The van der Waals surface area contributed by atoms with Gasteiger partial charge in [0.05, 0.1) is 16.7 Å². The molecule has 1 heterocycles. The summed E-state index contributed by atoms with van der Waals surface area (Å²) in [6.45, 7) is 2.29. The maximum atomic E-state index is 9.97. The molecule has 3 nitrogen and oxygen atoms in total. The predicted molar refractivity (Wildman–Crippen MR) is 70.6 cm³/mol. The Bertz CT molecular complexity index is 414. The molecule has 1 fully saturated rings. The molecule has 2 aliphatic carbocycles. The van der Waals surface area contributed by atoms with E-state index in [1.165, 1.54) is 12.8 Å². The van der Waals surface area contributed by atoms with Gasteiger partial charge < -0.3 is 10.0 Å². The van der Waals surface area contributed by atoms with E-state index in [4.69, 9.17) is 4.98 Å². The number of nitrogens with zero attached hydrogens (tertiary/aromatic N) is 2. The van der Waals surface area contributed by atoms with Crippen LogP contribution in [0.4, 0.5) is 5.13 Å². The van der Waals surface area contributed by atoms with E-state index in [9.17, 15) is 5.11 Å². The predicted octanol–water partition coefficient (Wildman–Crippen LogP) is 2.75. The summed E-state index contributed by atoms with van der Waals surface area (Å²) in [5, 5.41) is 11.1. The Labute approximate surface area is 106 Å². The smallest absolute Gasteiger partial charge is 0.185 e. The minimum Gasteiger partial charge on any atom is -0.388 e. The van der Waals surface area contributed by atoms with Gasteiger partial charge >= 0.3 is 0 Å². The number of aryl methyl sites for hydroxylation is 1. The molecule has 17 heavy (non-hydrogen) atoms. The highest BCUT2D eigenvalue weighted by atomic mass is 32.1. The fourth-order valence-corrected chi connectivity index (χ4v) is 3.79. The molecule has 1 saturated carbocycles. The third kappa shape index (κ3) is 2.08. The fraction of sp³-hybridized carbons (Fsp3) is 0.769. The maximum absolute atomic E-state index is 9.97. The van der Waals surface area contributed by atoms with Crippen LogP contribution in [-0.4, -0.2) is 23.2 Å². The molecule has 3 rings (SSSR count). The molecule has 2 atom stereocenters. The number of hydrogen-bond acceptors (Lipinski definition) is 4. The van der Waals surface area contributed by atoms with Crippen LogP contribution in [0.3, 0.4) is 0 Å². The molecule has 1 N–H and O–H groups in total. The third-order valence-electron chi connectivity index (χ3n) is 4.13. The van der Waals surface area contributed by atoms with Crippen LogP contribution in [0, 0.1) is 5.92 Å². The lowest BCUT2D eigenvalue weighted by Gasteiger charge is -2.23. The van der Waals surface area contributed by atoms with E-state index >= 15 is 0 Å². The van der Waals surface area contributed by atoms with Crippen molar-refractivity contribution < 1.29 is 5.11 Å². The standard InChI is InChI=1S/C13H20N2OS/c1-8(9-6-7-9)15(2)13-14-10-4-3-5-11(16)12(10)17-13/h8-9,11,16H,3-7H2,1-2H3. The summed E-state index contributed by atoms with van der Waals surface area (Å²) < 4.78 is 0. The summed E-state index contributed by atoms with van der Waals surface area (Å²) in [4.78, 5) is 8.13. The third-order valence-corrected chi connectivity index (χ3v) is 5.42. The first kappa shape index (κ1) is 11.5. The monoisotopic (exact) mass is 252 g/mol. The molecule has 1 aromatic heterocycles. The molecular formula is C13H20N2OS. The van der Waals surface area contributed by atoms with E-state index in [2.05, 4.69) is 18.9 Å². The first-order valence-corrected chi connectivity index (χ1v) is 7.39. The average molecular weight is 252 g/mol. The first-order chi connectivity index (χ1) is 8.16. The van der Waals surface area contributed by atoms with Crippen LogP contribution in [-0.2, 0) is 6.42 Å². The normalized spacial score (nSPS) is 25.5. The molecule has 94 valence electrons. The quantitative estimate of drug-likeness (QED) is 0.898. The molecule has 0 spiro atoms. The summed E-state index contributed by atoms with van der Waals surface area (Å²) in [6.07, 6.45) is 5.46. The Hall–Kier alpha value is -0.610. The lowest BCUT2D eigenvalue weighted by atomic mass is 10.0. The summed E-state index contributed by atoms with van der Waals surface area (Å²) in [7, 11) is 2.14. The van der Waals surface area contributed by atoms with Crippen LogP contribution < -0.4 is 4.90 Å². The fourth-order valence-electron chi connectivity index (χ4n) is 2.60. The molecule has 1 aromatic rings. The van der Waals surface area contributed by atoms with Crippen LogP contribution in [0.5, 0.6) is 0 Å². The molecule has 2 aliphatic rings. The minimum absolute atomic E-state index is 0.269. The zero-order valence-electron chi connectivity index (χ0n) is 10.5. The molecule has 4 heteroatoms. The maximum Gasteiger partial charge on any atom is 0.185 e. The number of rotatable bonds is 3. The van der Waals surface area contributed by atoms with E-state index in [0.717, 1.165) is 40.9 Å². The number of aliphatic hydroxyl groups is 1. The Morgan fingerprint density at radius 2 is 2.18 bits per heavy atom. The number of anilines is 1. The highest BCUT2D eigenvalue weighted by Crippen LogP contribution is 2.40. The van der Waals surface area contributed by atoms with Crippen LogP contribution in [0.15, 0.2) is 0 Å². The van der Waals surface area contributed by atoms with Crippen molar-refractivity contribution in [3.05, 3.63) is 10.6 Å². The molecule has 0 amide bonds. The van der Waals surface area contributed by atoms with Crippen LogP contribution in [0.25, 0.3) is 0 Å². The molecule has 0 bridgehead atoms. The van der Waals surface area contributed by atoms with Crippen molar-refractivity contribution in [2.24, 2.45) is 5.92 Å². The Kier molecular flexibility index (Phi) is 2.87. The molecular weight excluding hydrogens is 232 g/mol. The van der Waals surface area contributed by atoms with E-state index in [0.29, 0.717) is 6.04 Å². The van der Waals surface area contributed by atoms with E-state index in [-0.39, 0.29) is 6.10 Å². The van der Waals surface area contributed by atoms with Gasteiger partial charge in [0.2, 0.25) is 0 Å². The van der Waals surface area contributed by atoms with Gasteiger partial charge in [-0.05, 0) is 44.9 Å². The van der Waals surface area contributed by atoms with Crippen LogP contribution in [0.2, 0.25) is 0 Å². The van der Waals surface area contributed by atoms with Gasteiger partial charge in [0.15, 0.2) is 5.13 Å². The summed E-state index contributed by atoms with van der Waals surface area (Å²) >= 11 is 1.69. The van der Waals surface area contributed by atoms with Gasteiger partial charge in [-0.1, -0.05) is 11.3 Å². The van der Waals surface area contributed by atoms with E-state index in [1.807, 2.05) is 0 Å². The molecule has 2 unspecified atom stereocenters. The summed E-state index contributed by atoms with van der Waals surface area (Å²) in [5.41, 5.74) is 1.14. The van der Waals surface area contributed by atoms with Crippen molar-refractivity contribution in [1.82, 2.24) is 4.98 Å². The lowest BCUT2D eigenvalue weighted by Crippen LogP contribution is -2.30. The Morgan fingerprint density at radius 3 is 2.82 bits per heavy atom. The van der Waals surface area contributed by atoms with Gasteiger partial charge in [0.1, 0.15) is 0 Å². The zero-order chi connectivity index (χ0) is 12.0. The van der Waals surface area contributed by atoms with Crippen molar-refractivity contribution in [2.75, 3.05) is 11.9 Å². The zero-order valence-corrected chi connectivity index (χ0v) is 11.3. The van der Waals surface area contributed by atoms with Gasteiger partial charge in [-0.3, -0.25) is 0 Å². The summed E-state index contributed by atoms with van der Waals surface area (Å²) in [6, 6.07) is 0.583. The van der Waals surface area contributed by atoms with E-state index < -0.39 is 0 Å². The first-order valence-electron chi connectivity index (χ1n) is 6.57. The molecule has 0 radical (unpaired) electrons. The second kappa shape index (κ2) is 4.25. The van der Waals surface area contributed by atoms with Gasteiger partial charge in [0, 0.05) is 13.1 Å². The minimum atomic E-state index is -0.269. The molecule has 0 aromatic carbocycles. The van der Waals surface area contributed by atoms with Crippen molar-refractivity contribution >= 4 is 16.5 Å². The number of aliphatic hydroxyl groups excluding tert-OH is 1. The van der Waals surface area contributed by atoms with Crippen molar-refractivity contribution in [3.8, 4) is 0 Å². The second-order valence-corrected chi connectivity index (χ2v) is 6.41. The van der Waals surface area contributed by atoms with Gasteiger partial charge in [-0.2, -0.15) is 0 Å². The molecule has 0 aliphatic heterocycles. The van der Waals surface area contributed by atoms with Gasteiger partial charge in [-0.15, -0.1) is 0 Å². The average Bonchev–Trinajstić information content (AvgIpc) is 3.07. The number of aromatic nitrogens is 1. The van der Waals surface area contributed by atoms with Crippen molar-refractivity contribution in [3.63, 3.8) is 0 Å². The topological polar surface area (TPSA) is 36.4 Å². The SMILES string of the molecule is CC(C1CC1)N(C)c1nc2c(s1)C(O)CCC2. The number of fused-ring (bicyclic) bond motifs is 1. The van der Waals surface area contributed by atoms with Crippen molar-refractivity contribution in [2.45, 2.75) is 51.2 Å². The number of hydrogen-bond donors (Lipinski definition) is 1. The largest absolute Gasteiger partial charge is 0.388 e. The van der Waals surface area contributed by atoms with Crippen LogP contribution >= 0.6 is 11.3 Å². The lowest BCUT2D eigenvalue weighted by molar-refractivity contribution is 0.160. The highest BCUT2D eigenvalue weighted by Gasteiger charge is 2.32.